The van der Waals surface area contributed by atoms with Crippen LogP contribution in [0.4, 0.5) is 22.7 Å². The summed E-state index contributed by atoms with van der Waals surface area (Å²) >= 11 is 0. The number of nitro benzene ring substituents is 2. The molecule has 0 atom stereocenters. The van der Waals surface area contributed by atoms with Crippen LogP contribution >= 0.6 is 0 Å². The van der Waals surface area contributed by atoms with Crippen molar-refractivity contribution >= 4 is 40.2 Å². The Kier molecular flexibility index (Phi) is 6.59. The molecule has 0 unspecified atom stereocenters. The number of nitrogens with one attached hydrogen (secondary N) is 2. The van der Waals surface area contributed by atoms with Gasteiger partial charge in [-0.05, 0) is 24.3 Å². The fraction of sp³-hybridized carbons (Fsp3) is 0. The SMILES string of the molecule is C=C(Nc1ccc([N+](=O)[O-])cc1)N(C(=N)C(C#N)=C1C(=O)c2ccccc2C1=O)c1ccc([N+](=O)[O-])cc1. The lowest BCUT2D eigenvalue weighted by Gasteiger charge is -2.28. The first-order valence-electron chi connectivity index (χ1n) is 10.8. The van der Waals surface area contributed by atoms with Crippen molar-refractivity contribution in [3.05, 3.63) is 128 Å². The minimum atomic E-state index is -0.704. The van der Waals surface area contributed by atoms with Crippen LogP contribution < -0.4 is 10.2 Å². The van der Waals surface area contributed by atoms with E-state index >= 15 is 0 Å². The van der Waals surface area contributed by atoms with Gasteiger partial charge in [-0.3, -0.25) is 40.1 Å². The van der Waals surface area contributed by atoms with E-state index in [9.17, 15) is 35.1 Å². The Balaban J connectivity index is 1.78. The minimum absolute atomic E-state index is 0.0403. The van der Waals surface area contributed by atoms with Crippen molar-refractivity contribution in [3.8, 4) is 6.07 Å². The molecule has 3 aromatic carbocycles. The van der Waals surface area contributed by atoms with Crippen molar-refractivity contribution in [1.29, 1.82) is 10.7 Å². The number of ketones is 2. The fourth-order valence-corrected chi connectivity index (χ4v) is 3.85. The van der Waals surface area contributed by atoms with E-state index in [0.717, 1.165) is 4.90 Å². The third-order valence-corrected chi connectivity index (χ3v) is 5.65. The van der Waals surface area contributed by atoms with Gasteiger partial charge in [-0.1, -0.05) is 30.8 Å². The van der Waals surface area contributed by atoms with Crippen LogP contribution in [0.15, 0.2) is 96.3 Å². The quantitative estimate of drug-likeness (QED) is 0.0863. The van der Waals surface area contributed by atoms with Crippen molar-refractivity contribution in [2.24, 2.45) is 0 Å². The number of anilines is 2. The van der Waals surface area contributed by atoms with Gasteiger partial charge in [-0.2, -0.15) is 5.26 Å². The molecule has 0 aliphatic heterocycles. The highest BCUT2D eigenvalue weighted by molar-refractivity contribution is 6.42. The third kappa shape index (κ3) is 4.50. The van der Waals surface area contributed by atoms with Crippen LogP contribution in [-0.2, 0) is 0 Å². The molecule has 0 fully saturated rings. The Morgan fingerprint density at radius 3 is 1.79 bits per heavy atom. The molecule has 0 spiro atoms. The summed E-state index contributed by atoms with van der Waals surface area (Å²) in [6, 6.07) is 18.1. The molecule has 3 aromatic rings. The average Bonchev–Trinajstić information content (AvgIpc) is 3.15. The van der Waals surface area contributed by atoms with Crippen LogP contribution in [0.5, 0.6) is 0 Å². The maximum Gasteiger partial charge on any atom is 0.269 e. The number of allylic oxidation sites excluding steroid dienone is 1. The summed E-state index contributed by atoms with van der Waals surface area (Å²) in [5.41, 5.74) is -0.679. The number of fused-ring (bicyclic) bond motifs is 1. The number of nitriles is 1. The van der Waals surface area contributed by atoms with Crippen LogP contribution in [0.25, 0.3) is 0 Å². The minimum Gasteiger partial charge on any atom is -0.342 e. The molecule has 186 valence electrons. The van der Waals surface area contributed by atoms with Gasteiger partial charge in [0.2, 0.25) is 0 Å². The highest BCUT2D eigenvalue weighted by Crippen LogP contribution is 2.31. The standard InChI is InChI=1S/C26H16N6O6/c1-15(29-16-6-8-18(9-7-16)31(35)36)30(17-10-12-19(13-11-17)32(37)38)26(28)22(14-27)23-24(33)20-4-2-3-5-21(20)25(23)34/h2-13,28-29H,1H2. The lowest BCUT2D eigenvalue weighted by atomic mass is 10.0. The third-order valence-electron chi connectivity index (χ3n) is 5.65. The van der Waals surface area contributed by atoms with Crippen LogP contribution in [0.2, 0.25) is 0 Å². The van der Waals surface area contributed by atoms with E-state index in [1.165, 1.54) is 60.7 Å². The predicted octanol–water partition coefficient (Wildman–Crippen LogP) is 4.77. The maximum atomic E-state index is 13.0. The summed E-state index contributed by atoms with van der Waals surface area (Å²) in [6.07, 6.45) is 0. The number of carbonyl (C=O) groups is 2. The molecule has 38 heavy (non-hydrogen) atoms. The molecule has 0 radical (unpaired) electrons. The van der Waals surface area contributed by atoms with Crippen molar-refractivity contribution in [2.45, 2.75) is 0 Å². The number of Topliss-reactive ketones (excluding diaryl/α,β-unsaturated/α-hetero) is 2. The van der Waals surface area contributed by atoms with Crippen LogP contribution in [0, 0.1) is 37.0 Å². The molecule has 12 heteroatoms. The second kappa shape index (κ2) is 9.96. The lowest BCUT2D eigenvalue weighted by Crippen LogP contribution is -2.34. The number of carbonyl (C=O) groups excluding carboxylic acids is 2. The van der Waals surface area contributed by atoms with Gasteiger partial charge in [0.15, 0.2) is 11.6 Å². The van der Waals surface area contributed by atoms with Gasteiger partial charge in [-0.25, -0.2) is 0 Å². The number of benzene rings is 3. The largest absolute Gasteiger partial charge is 0.342 e. The number of nitrogens with zero attached hydrogens (tertiary/aromatic N) is 4. The zero-order valence-electron chi connectivity index (χ0n) is 19.4. The van der Waals surface area contributed by atoms with Crippen molar-refractivity contribution in [1.82, 2.24) is 0 Å². The van der Waals surface area contributed by atoms with E-state index in [2.05, 4.69) is 11.9 Å². The van der Waals surface area contributed by atoms with Gasteiger partial charge in [0, 0.05) is 46.8 Å². The van der Waals surface area contributed by atoms with Gasteiger partial charge in [0.05, 0.1) is 15.4 Å². The fourth-order valence-electron chi connectivity index (χ4n) is 3.85. The zero-order chi connectivity index (χ0) is 27.6. The zero-order valence-corrected chi connectivity index (χ0v) is 19.4. The summed E-state index contributed by atoms with van der Waals surface area (Å²) in [4.78, 5) is 48.0. The van der Waals surface area contributed by atoms with Crippen LogP contribution in [0.3, 0.4) is 0 Å². The molecule has 2 N–H and O–H groups in total. The van der Waals surface area contributed by atoms with E-state index in [1.807, 2.05) is 0 Å². The molecule has 0 amide bonds. The molecule has 0 bridgehead atoms. The summed E-state index contributed by atoms with van der Waals surface area (Å²) in [6.45, 7) is 3.89. The Labute approximate surface area is 214 Å². The first kappa shape index (κ1) is 25.1. The van der Waals surface area contributed by atoms with Crippen molar-refractivity contribution in [3.63, 3.8) is 0 Å². The first-order chi connectivity index (χ1) is 18.1. The molecule has 0 heterocycles. The van der Waals surface area contributed by atoms with E-state index < -0.39 is 38.4 Å². The average molecular weight is 508 g/mol. The number of non-ortho nitro benzene ring substituents is 2. The Morgan fingerprint density at radius 1 is 0.868 bits per heavy atom. The van der Waals surface area contributed by atoms with E-state index in [-0.39, 0.29) is 34.0 Å². The maximum absolute atomic E-state index is 13.0. The normalized spacial score (nSPS) is 11.8. The summed E-state index contributed by atoms with van der Waals surface area (Å²) < 4.78 is 0. The summed E-state index contributed by atoms with van der Waals surface area (Å²) in [7, 11) is 0. The van der Waals surface area contributed by atoms with Gasteiger partial charge in [0.25, 0.3) is 11.4 Å². The van der Waals surface area contributed by atoms with Gasteiger partial charge in [0.1, 0.15) is 23.3 Å². The van der Waals surface area contributed by atoms with Gasteiger partial charge >= 0.3 is 0 Å². The number of rotatable bonds is 7. The monoisotopic (exact) mass is 508 g/mol. The molecular weight excluding hydrogens is 492 g/mol. The number of amidine groups is 1. The van der Waals surface area contributed by atoms with Crippen molar-refractivity contribution in [2.75, 3.05) is 10.2 Å². The second-order valence-electron chi connectivity index (χ2n) is 7.90. The van der Waals surface area contributed by atoms with Crippen LogP contribution in [-0.4, -0.2) is 27.2 Å². The van der Waals surface area contributed by atoms with Gasteiger partial charge in [-0.15, -0.1) is 0 Å². The molecule has 1 aliphatic rings. The number of hydrogen-bond acceptors (Lipinski definition) is 9. The molecule has 12 nitrogen and oxygen atoms in total. The van der Waals surface area contributed by atoms with E-state index in [4.69, 9.17) is 5.41 Å². The summed E-state index contributed by atoms with van der Waals surface area (Å²) in [5.74, 6) is -2.04. The van der Waals surface area contributed by atoms with E-state index in [0.29, 0.717) is 5.69 Å². The Hall–Kier alpha value is -5.96. The van der Waals surface area contributed by atoms with Gasteiger partial charge < -0.3 is 5.32 Å². The molecule has 4 rings (SSSR count). The summed E-state index contributed by atoms with van der Waals surface area (Å²) in [5, 5.41) is 43.7. The lowest BCUT2D eigenvalue weighted by molar-refractivity contribution is -0.385. The topological polar surface area (TPSA) is 183 Å². The molecule has 0 saturated carbocycles. The molecule has 0 aromatic heterocycles. The molecule has 0 saturated heterocycles. The first-order valence-corrected chi connectivity index (χ1v) is 10.8. The Morgan fingerprint density at radius 2 is 1.34 bits per heavy atom. The second-order valence-corrected chi connectivity index (χ2v) is 7.90. The predicted molar refractivity (Wildman–Crippen MR) is 137 cm³/mol. The smallest absolute Gasteiger partial charge is 0.269 e. The number of hydrogen-bond donors (Lipinski definition) is 2. The Bertz CT molecular complexity index is 1580. The molecular formula is C26H16N6O6. The van der Waals surface area contributed by atoms with Crippen molar-refractivity contribution < 1.29 is 19.4 Å². The van der Waals surface area contributed by atoms with E-state index in [1.54, 1.807) is 18.2 Å². The molecule has 1 aliphatic carbocycles. The highest BCUT2D eigenvalue weighted by Gasteiger charge is 2.38. The highest BCUT2D eigenvalue weighted by atomic mass is 16.6. The number of nitro groups is 2. The van der Waals surface area contributed by atoms with Crippen LogP contribution in [0.1, 0.15) is 20.7 Å².